The predicted octanol–water partition coefficient (Wildman–Crippen LogP) is 5.36. The first-order chi connectivity index (χ1) is 15.9. The second kappa shape index (κ2) is 9.70. The van der Waals surface area contributed by atoms with Gasteiger partial charge in [-0.05, 0) is 81.6 Å². The number of carbonyl (C=O) groups is 2. The Hall–Kier alpha value is -3.26. The van der Waals surface area contributed by atoms with Crippen LogP contribution in [-0.4, -0.2) is 29.9 Å². The number of aromatic nitrogens is 1. The Morgan fingerprint density at radius 3 is 2.52 bits per heavy atom. The summed E-state index contributed by atoms with van der Waals surface area (Å²) in [6, 6.07) is 11.4. The van der Waals surface area contributed by atoms with Crippen LogP contribution in [0.15, 0.2) is 42.5 Å². The summed E-state index contributed by atoms with van der Waals surface area (Å²) < 4.78 is 13.1. The number of aryl methyl sites for hydroxylation is 2. The minimum Gasteiger partial charge on any atom is -0.372 e. The maximum Gasteiger partial charge on any atom is 0.257 e. The van der Waals surface area contributed by atoms with Gasteiger partial charge >= 0.3 is 0 Å². The normalized spacial score (nSPS) is 14.6. The molecule has 0 fully saturated rings. The summed E-state index contributed by atoms with van der Waals surface area (Å²) in [6.45, 7) is 8.09. The van der Waals surface area contributed by atoms with Crippen molar-refractivity contribution in [2.75, 3.05) is 28.6 Å². The third-order valence-corrected chi connectivity index (χ3v) is 7.00. The van der Waals surface area contributed by atoms with Crippen LogP contribution in [0.2, 0.25) is 0 Å². The highest BCUT2D eigenvalue weighted by Gasteiger charge is 2.33. The fraction of sp³-hybridized carbons (Fsp3) is 0.320. The van der Waals surface area contributed by atoms with Crippen molar-refractivity contribution in [3.05, 3.63) is 70.0 Å². The zero-order chi connectivity index (χ0) is 23.5. The maximum atomic E-state index is 13.1. The number of hydrogen-bond acceptors (Lipinski definition) is 5. The van der Waals surface area contributed by atoms with Gasteiger partial charge in [-0.1, -0.05) is 0 Å². The zero-order valence-corrected chi connectivity index (χ0v) is 19.8. The summed E-state index contributed by atoms with van der Waals surface area (Å²) >= 11 is 1.39. The van der Waals surface area contributed by atoms with Gasteiger partial charge in [0.2, 0.25) is 5.91 Å². The molecule has 1 heterocycles. The number of rotatable bonds is 7. The SMILES string of the molecule is CCN(CC)c1ccc(NC(=O)C2CCc3sc(NC(=O)c4ccc(F)cc4)nc32)c(C)c1. The van der Waals surface area contributed by atoms with Crippen LogP contribution in [0.3, 0.4) is 0 Å². The fourth-order valence-corrected chi connectivity index (χ4v) is 5.13. The van der Waals surface area contributed by atoms with Crippen molar-refractivity contribution in [3.8, 4) is 0 Å². The topological polar surface area (TPSA) is 74.3 Å². The average molecular weight is 467 g/mol. The van der Waals surface area contributed by atoms with Gasteiger partial charge in [0.15, 0.2) is 5.13 Å². The number of fused-ring (bicyclic) bond motifs is 1. The predicted molar refractivity (Wildman–Crippen MR) is 131 cm³/mol. The van der Waals surface area contributed by atoms with E-state index in [2.05, 4.69) is 40.4 Å². The summed E-state index contributed by atoms with van der Waals surface area (Å²) in [5.41, 5.74) is 4.02. The Morgan fingerprint density at radius 1 is 1.12 bits per heavy atom. The van der Waals surface area contributed by atoms with E-state index in [1.165, 1.54) is 35.6 Å². The van der Waals surface area contributed by atoms with Crippen LogP contribution in [0.4, 0.5) is 20.9 Å². The van der Waals surface area contributed by atoms with E-state index in [1.54, 1.807) is 0 Å². The molecule has 6 nitrogen and oxygen atoms in total. The molecule has 172 valence electrons. The molecule has 1 atom stereocenters. The van der Waals surface area contributed by atoms with Crippen LogP contribution >= 0.6 is 11.3 Å². The standard InChI is InChI=1S/C25H27FN4O2S/c1-4-30(5-2)18-10-12-20(15(3)14-18)27-24(32)19-11-13-21-22(19)28-25(33-21)29-23(31)16-6-8-17(26)9-7-16/h6-10,12,14,19H,4-5,11,13H2,1-3H3,(H,27,32)(H,28,29,31). The molecular weight excluding hydrogens is 439 g/mol. The largest absolute Gasteiger partial charge is 0.372 e. The molecule has 4 rings (SSSR count). The number of nitrogens with zero attached hydrogens (tertiary/aromatic N) is 2. The van der Waals surface area contributed by atoms with Gasteiger partial charge in [-0.15, -0.1) is 11.3 Å². The van der Waals surface area contributed by atoms with Gasteiger partial charge in [-0.25, -0.2) is 9.37 Å². The van der Waals surface area contributed by atoms with Gasteiger partial charge in [-0.2, -0.15) is 0 Å². The van der Waals surface area contributed by atoms with Crippen LogP contribution in [0, 0.1) is 12.7 Å². The average Bonchev–Trinajstić information content (AvgIpc) is 3.37. The van der Waals surface area contributed by atoms with Crippen LogP contribution in [-0.2, 0) is 11.2 Å². The quantitative estimate of drug-likeness (QED) is 0.492. The van der Waals surface area contributed by atoms with Crippen LogP contribution < -0.4 is 15.5 Å². The lowest BCUT2D eigenvalue weighted by atomic mass is 10.1. The number of carbonyl (C=O) groups excluding carboxylic acids is 2. The molecule has 2 amide bonds. The van der Waals surface area contributed by atoms with E-state index in [4.69, 9.17) is 0 Å². The summed E-state index contributed by atoms with van der Waals surface area (Å²) in [5.74, 6) is -1.19. The van der Waals surface area contributed by atoms with Crippen LogP contribution in [0.5, 0.6) is 0 Å². The molecule has 1 aromatic heterocycles. The Balaban J connectivity index is 1.45. The Morgan fingerprint density at radius 2 is 1.85 bits per heavy atom. The number of anilines is 3. The molecule has 0 spiro atoms. The summed E-state index contributed by atoms with van der Waals surface area (Å²) in [5, 5.41) is 6.27. The summed E-state index contributed by atoms with van der Waals surface area (Å²) in [4.78, 5) is 33.3. The minimum absolute atomic E-state index is 0.0887. The molecule has 2 aromatic carbocycles. The molecule has 1 aliphatic carbocycles. The Labute approximate surface area is 196 Å². The first kappa shape index (κ1) is 22.9. The van der Waals surface area contributed by atoms with Gasteiger partial charge in [0.25, 0.3) is 5.91 Å². The highest BCUT2D eigenvalue weighted by Crippen LogP contribution is 2.39. The molecule has 0 saturated carbocycles. The number of benzene rings is 2. The third-order valence-electron chi connectivity index (χ3n) is 5.96. The lowest BCUT2D eigenvalue weighted by Crippen LogP contribution is -2.23. The second-order valence-electron chi connectivity index (χ2n) is 8.04. The first-order valence-corrected chi connectivity index (χ1v) is 11.9. The molecule has 0 saturated heterocycles. The van der Waals surface area contributed by atoms with E-state index in [0.717, 1.165) is 47.0 Å². The minimum atomic E-state index is -0.397. The molecule has 0 bridgehead atoms. The number of thiazole rings is 1. The van der Waals surface area contributed by atoms with Crippen molar-refractivity contribution in [3.63, 3.8) is 0 Å². The molecule has 8 heteroatoms. The van der Waals surface area contributed by atoms with Crippen molar-refractivity contribution in [2.45, 2.75) is 39.5 Å². The number of halogens is 1. The van der Waals surface area contributed by atoms with E-state index >= 15 is 0 Å². The van der Waals surface area contributed by atoms with E-state index in [9.17, 15) is 14.0 Å². The smallest absolute Gasteiger partial charge is 0.257 e. The molecule has 33 heavy (non-hydrogen) atoms. The van der Waals surface area contributed by atoms with Gasteiger partial charge < -0.3 is 10.2 Å². The molecule has 3 aromatic rings. The summed E-state index contributed by atoms with van der Waals surface area (Å²) in [6.07, 6.45) is 1.44. The van der Waals surface area contributed by atoms with Crippen molar-refractivity contribution >= 4 is 39.7 Å². The second-order valence-corrected chi connectivity index (χ2v) is 9.12. The lowest BCUT2D eigenvalue weighted by Gasteiger charge is -2.22. The molecule has 1 aliphatic rings. The molecule has 1 unspecified atom stereocenters. The van der Waals surface area contributed by atoms with Crippen molar-refractivity contribution in [2.24, 2.45) is 0 Å². The van der Waals surface area contributed by atoms with Crippen LogP contribution in [0.1, 0.15) is 52.7 Å². The van der Waals surface area contributed by atoms with Gasteiger partial charge in [0, 0.05) is 34.9 Å². The summed E-state index contributed by atoms with van der Waals surface area (Å²) in [7, 11) is 0. The third kappa shape index (κ3) is 4.90. The van der Waals surface area contributed by atoms with Crippen LogP contribution in [0.25, 0.3) is 0 Å². The molecule has 0 radical (unpaired) electrons. The first-order valence-electron chi connectivity index (χ1n) is 11.1. The van der Waals surface area contributed by atoms with Gasteiger partial charge in [0.1, 0.15) is 5.82 Å². The monoisotopic (exact) mass is 466 g/mol. The number of amides is 2. The van der Waals surface area contributed by atoms with E-state index in [0.29, 0.717) is 17.1 Å². The van der Waals surface area contributed by atoms with Crippen molar-refractivity contribution < 1.29 is 14.0 Å². The van der Waals surface area contributed by atoms with Gasteiger partial charge in [0.05, 0.1) is 11.6 Å². The van der Waals surface area contributed by atoms with Crippen molar-refractivity contribution in [1.29, 1.82) is 0 Å². The van der Waals surface area contributed by atoms with E-state index in [-0.39, 0.29) is 17.7 Å². The molecular formula is C25H27FN4O2S. The maximum absolute atomic E-state index is 13.1. The Kier molecular flexibility index (Phi) is 6.74. The van der Waals surface area contributed by atoms with E-state index in [1.807, 2.05) is 19.1 Å². The zero-order valence-electron chi connectivity index (χ0n) is 18.9. The highest BCUT2D eigenvalue weighted by atomic mass is 32.1. The lowest BCUT2D eigenvalue weighted by molar-refractivity contribution is -0.117. The fourth-order valence-electron chi connectivity index (χ4n) is 4.10. The molecule has 0 aliphatic heterocycles. The highest BCUT2D eigenvalue weighted by molar-refractivity contribution is 7.16. The Bertz CT molecular complexity index is 1170. The van der Waals surface area contributed by atoms with Gasteiger partial charge in [-0.3, -0.25) is 14.9 Å². The number of hydrogen-bond donors (Lipinski definition) is 2. The number of nitrogens with one attached hydrogen (secondary N) is 2. The van der Waals surface area contributed by atoms with E-state index < -0.39 is 5.82 Å². The van der Waals surface area contributed by atoms with Crippen molar-refractivity contribution in [1.82, 2.24) is 4.98 Å². The molecule has 2 N–H and O–H groups in total.